The van der Waals surface area contributed by atoms with Crippen LogP contribution in [0.25, 0.3) is 0 Å². The first-order valence-electron chi connectivity index (χ1n) is 5.17. The smallest absolute Gasteiger partial charge is 0.111 e. The molecule has 1 unspecified atom stereocenters. The second-order valence-electron chi connectivity index (χ2n) is 4.31. The number of hydrogen-bond acceptors (Lipinski definition) is 5. The summed E-state index contributed by atoms with van der Waals surface area (Å²) in [5, 5.41) is 28.9. The molecule has 5 heteroatoms. The van der Waals surface area contributed by atoms with Crippen molar-refractivity contribution in [3.63, 3.8) is 0 Å². The Bertz CT molecular complexity index is 196. The SMILES string of the molecule is COC[C@H]1OC(C(C)C)[C@H](O)[C@@H](O)[C@@H]1O. The van der Waals surface area contributed by atoms with Crippen molar-refractivity contribution in [3.8, 4) is 0 Å². The van der Waals surface area contributed by atoms with Crippen molar-refractivity contribution in [2.75, 3.05) is 13.7 Å². The van der Waals surface area contributed by atoms with Gasteiger partial charge in [-0.15, -0.1) is 0 Å². The molecule has 15 heavy (non-hydrogen) atoms. The van der Waals surface area contributed by atoms with Crippen LogP contribution in [0.3, 0.4) is 0 Å². The summed E-state index contributed by atoms with van der Waals surface area (Å²) < 4.78 is 10.4. The van der Waals surface area contributed by atoms with E-state index in [2.05, 4.69) is 0 Å². The normalized spacial score (nSPS) is 42.2. The first kappa shape index (κ1) is 12.9. The van der Waals surface area contributed by atoms with E-state index in [1.54, 1.807) is 0 Å². The van der Waals surface area contributed by atoms with Crippen molar-refractivity contribution in [2.45, 2.75) is 44.4 Å². The predicted octanol–water partition coefficient (Wildman–Crippen LogP) is -0.861. The molecule has 1 rings (SSSR count). The zero-order chi connectivity index (χ0) is 11.6. The lowest BCUT2D eigenvalue weighted by molar-refractivity contribution is -0.240. The molecule has 0 spiro atoms. The Hall–Kier alpha value is -0.200. The lowest BCUT2D eigenvalue weighted by Gasteiger charge is -2.42. The van der Waals surface area contributed by atoms with E-state index in [1.165, 1.54) is 7.11 Å². The minimum atomic E-state index is -1.17. The van der Waals surface area contributed by atoms with E-state index in [1.807, 2.05) is 13.8 Å². The third-order valence-electron chi connectivity index (χ3n) is 2.74. The molecule has 0 radical (unpaired) electrons. The van der Waals surface area contributed by atoms with Gasteiger partial charge < -0.3 is 24.8 Å². The van der Waals surface area contributed by atoms with Crippen LogP contribution in [0.5, 0.6) is 0 Å². The number of aliphatic hydroxyl groups is 3. The summed E-state index contributed by atoms with van der Waals surface area (Å²) in [6.07, 6.45) is -4.38. The standard InChI is InChI=1S/C10H20O5/c1-5(2)10-9(13)8(12)7(11)6(15-10)4-14-3/h5-13H,4H2,1-3H3/t6-,7-,8+,9-,10?/m1/s1. The molecule has 5 atom stereocenters. The first-order valence-corrected chi connectivity index (χ1v) is 5.17. The van der Waals surface area contributed by atoms with Crippen LogP contribution in [-0.4, -0.2) is 59.6 Å². The molecule has 1 aliphatic heterocycles. The lowest BCUT2D eigenvalue weighted by atomic mass is 9.89. The number of rotatable bonds is 3. The first-order chi connectivity index (χ1) is 6.99. The van der Waals surface area contributed by atoms with Crippen molar-refractivity contribution in [1.29, 1.82) is 0 Å². The third kappa shape index (κ3) is 2.68. The van der Waals surface area contributed by atoms with Gasteiger partial charge >= 0.3 is 0 Å². The van der Waals surface area contributed by atoms with Crippen LogP contribution in [0.2, 0.25) is 0 Å². The van der Waals surface area contributed by atoms with Crippen LogP contribution in [0.4, 0.5) is 0 Å². The van der Waals surface area contributed by atoms with E-state index in [-0.39, 0.29) is 12.5 Å². The molecule has 1 fully saturated rings. The summed E-state index contributed by atoms with van der Waals surface area (Å²) in [5.74, 6) is 0.0708. The molecular formula is C10H20O5. The van der Waals surface area contributed by atoms with Gasteiger partial charge in [-0.2, -0.15) is 0 Å². The van der Waals surface area contributed by atoms with Gasteiger partial charge in [-0.3, -0.25) is 0 Å². The van der Waals surface area contributed by atoms with E-state index in [4.69, 9.17) is 9.47 Å². The van der Waals surface area contributed by atoms with Crippen LogP contribution in [0.1, 0.15) is 13.8 Å². The maximum atomic E-state index is 9.69. The van der Waals surface area contributed by atoms with Crippen molar-refractivity contribution in [3.05, 3.63) is 0 Å². The molecule has 0 saturated carbocycles. The quantitative estimate of drug-likeness (QED) is 0.577. The fourth-order valence-electron chi connectivity index (χ4n) is 1.83. The van der Waals surface area contributed by atoms with E-state index in [0.29, 0.717) is 0 Å². The number of hydrogen-bond donors (Lipinski definition) is 3. The molecule has 5 nitrogen and oxygen atoms in total. The highest BCUT2D eigenvalue weighted by atomic mass is 16.6. The summed E-state index contributed by atoms with van der Waals surface area (Å²) in [5.41, 5.74) is 0. The number of methoxy groups -OCH3 is 1. The summed E-state index contributed by atoms with van der Waals surface area (Å²) in [6, 6.07) is 0. The summed E-state index contributed by atoms with van der Waals surface area (Å²) >= 11 is 0. The van der Waals surface area contributed by atoms with Gasteiger partial charge in [-0.25, -0.2) is 0 Å². The maximum Gasteiger partial charge on any atom is 0.111 e. The van der Waals surface area contributed by atoms with Gasteiger partial charge in [0.15, 0.2) is 0 Å². The molecule has 0 aromatic rings. The Morgan fingerprint density at radius 2 is 1.73 bits per heavy atom. The van der Waals surface area contributed by atoms with Crippen LogP contribution in [-0.2, 0) is 9.47 Å². The Kier molecular flexibility index (Phi) is 4.48. The van der Waals surface area contributed by atoms with Crippen molar-refractivity contribution in [1.82, 2.24) is 0 Å². The predicted molar refractivity (Wildman–Crippen MR) is 53.4 cm³/mol. The fourth-order valence-corrected chi connectivity index (χ4v) is 1.83. The van der Waals surface area contributed by atoms with Gasteiger partial charge in [-0.1, -0.05) is 13.8 Å². The van der Waals surface area contributed by atoms with Crippen LogP contribution in [0.15, 0.2) is 0 Å². The van der Waals surface area contributed by atoms with Crippen LogP contribution >= 0.6 is 0 Å². The highest BCUT2D eigenvalue weighted by Gasteiger charge is 2.44. The van der Waals surface area contributed by atoms with E-state index < -0.39 is 30.5 Å². The molecule has 0 amide bonds. The molecule has 0 bridgehead atoms. The molecule has 1 saturated heterocycles. The van der Waals surface area contributed by atoms with Gasteiger partial charge in [-0.05, 0) is 5.92 Å². The number of aliphatic hydroxyl groups excluding tert-OH is 3. The van der Waals surface area contributed by atoms with Gasteiger partial charge in [0, 0.05) is 7.11 Å². The molecular weight excluding hydrogens is 200 g/mol. The van der Waals surface area contributed by atoms with E-state index in [9.17, 15) is 15.3 Å². The van der Waals surface area contributed by atoms with Crippen molar-refractivity contribution < 1.29 is 24.8 Å². The molecule has 0 aromatic heterocycles. The fraction of sp³-hybridized carbons (Fsp3) is 1.00. The summed E-state index contributed by atoms with van der Waals surface area (Å²) in [6.45, 7) is 3.98. The Morgan fingerprint density at radius 3 is 2.20 bits per heavy atom. The average Bonchev–Trinajstić information content (AvgIpc) is 2.18. The highest BCUT2D eigenvalue weighted by Crippen LogP contribution is 2.25. The van der Waals surface area contributed by atoms with Crippen LogP contribution in [0, 0.1) is 5.92 Å². The van der Waals surface area contributed by atoms with Gasteiger partial charge in [0.2, 0.25) is 0 Å². The zero-order valence-electron chi connectivity index (χ0n) is 9.33. The number of ether oxygens (including phenoxy) is 2. The molecule has 90 valence electrons. The Labute approximate surface area is 89.6 Å². The second kappa shape index (κ2) is 5.23. The van der Waals surface area contributed by atoms with Gasteiger partial charge in [0.1, 0.15) is 24.4 Å². The highest BCUT2D eigenvalue weighted by molar-refractivity contribution is 4.93. The molecule has 1 aliphatic rings. The largest absolute Gasteiger partial charge is 0.388 e. The summed E-state index contributed by atoms with van der Waals surface area (Å²) in [7, 11) is 1.50. The molecule has 0 aromatic carbocycles. The second-order valence-corrected chi connectivity index (χ2v) is 4.31. The molecule has 0 aliphatic carbocycles. The Morgan fingerprint density at radius 1 is 1.13 bits per heavy atom. The minimum Gasteiger partial charge on any atom is -0.388 e. The topological polar surface area (TPSA) is 79.2 Å². The van der Waals surface area contributed by atoms with E-state index in [0.717, 1.165) is 0 Å². The average molecular weight is 220 g/mol. The maximum absolute atomic E-state index is 9.69. The van der Waals surface area contributed by atoms with E-state index >= 15 is 0 Å². The minimum absolute atomic E-state index is 0.0708. The van der Waals surface area contributed by atoms with Crippen LogP contribution < -0.4 is 0 Å². The third-order valence-corrected chi connectivity index (χ3v) is 2.74. The van der Waals surface area contributed by atoms with Gasteiger partial charge in [0.05, 0.1) is 12.7 Å². The van der Waals surface area contributed by atoms with Crippen molar-refractivity contribution in [2.24, 2.45) is 5.92 Å². The Balaban J connectivity index is 2.71. The van der Waals surface area contributed by atoms with Gasteiger partial charge in [0.25, 0.3) is 0 Å². The lowest BCUT2D eigenvalue weighted by Crippen LogP contribution is -2.59. The summed E-state index contributed by atoms with van der Waals surface area (Å²) in [4.78, 5) is 0. The zero-order valence-corrected chi connectivity index (χ0v) is 9.33. The molecule has 3 N–H and O–H groups in total. The monoisotopic (exact) mass is 220 g/mol. The van der Waals surface area contributed by atoms with Crippen molar-refractivity contribution >= 4 is 0 Å². The molecule has 1 heterocycles.